The lowest BCUT2D eigenvalue weighted by Gasteiger charge is -2.31. The number of Topliss-reactive ketones (excluding diaryl/α,β-unsaturated/α-hetero) is 1. The van der Waals surface area contributed by atoms with Gasteiger partial charge in [-0.05, 0) is 31.3 Å². The molecule has 0 spiro atoms. The highest BCUT2D eigenvalue weighted by atomic mass is 16.2. The number of amides is 1. The quantitative estimate of drug-likeness (QED) is 0.767. The van der Waals surface area contributed by atoms with E-state index in [1.54, 1.807) is 11.8 Å². The van der Waals surface area contributed by atoms with Crippen LogP contribution in [0.3, 0.4) is 0 Å². The molecule has 4 N–H and O–H groups in total. The maximum absolute atomic E-state index is 13.0. The van der Waals surface area contributed by atoms with Crippen molar-refractivity contribution in [1.29, 1.82) is 0 Å². The van der Waals surface area contributed by atoms with Crippen molar-refractivity contribution in [3.05, 3.63) is 23.3 Å². The van der Waals surface area contributed by atoms with E-state index in [9.17, 15) is 9.59 Å². The van der Waals surface area contributed by atoms with E-state index >= 15 is 0 Å². The van der Waals surface area contributed by atoms with Gasteiger partial charge in [0, 0.05) is 13.0 Å². The van der Waals surface area contributed by atoms with Crippen LogP contribution in [-0.4, -0.2) is 35.3 Å². The van der Waals surface area contributed by atoms with Gasteiger partial charge >= 0.3 is 0 Å². The van der Waals surface area contributed by atoms with Crippen LogP contribution in [0.4, 0.5) is 0 Å². The highest BCUT2D eigenvalue weighted by Crippen LogP contribution is 2.34. The van der Waals surface area contributed by atoms with Gasteiger partial charge in [-0.25, -0.2) is 0 Å². The van der Waals surface area contributed by atoms with Gasteiger partial charge in [-0.1, -0.05) is 31.6 Å². The van der Waals surface area contributed by atoms with E-state index < -0.39 is 12.0 Å². The summed E-state index contributed by atoms with van der Waals surface area (Å²) in [5.41, 5.74) is 14.0. The van der Waals surface area contributed by atoms with Crippen LogP contribution in [0.2, 0.25) is 0 Å². The minimum absolute atomic E-state index is 0.194. The summed E-state index contributed by atoms with van der Waals surface area (Å²) in [6.07, 6.45) is 6.02. The molecule has 0 fully saturated rings. The summed E-state index contributed by atoms with van der Waals surface area (Å²) < 4.78 is 0. The first kappa shape index (κ1) is 16.9. The molecule has 1 heterocycles. The van der Waals surface area contributed by atoms with Gasteiger partial charge in [0.15, 0.2) is 5.78 Å². The molecule has 2 rings (SSSR count). The van der Waals surface area contributed by atoms with Gasteiger partial charge in [0.25, 0.3) is 0 Å². The zero-order valence-corrected chi connectivity index (χ0v) is 13.7. The second kappa shape index (κ2) is 6.75. The summed E-state index contributed by atoms with van der Waals surface area (Å²) in [6.45, 7) is 6.29. The first-order valence-electron chi connectivity index (χ1n) is 8.06. The highest BCUT2D eigenvalue weighted by molar-refractivity contribution is 6.07. The zero-order valence-electron chi connectivity index (χ0n) is 13.7. The molecule has 0 radical (unpaired) electrons. The van der Waals surface area contributed by atoms with Crippen LogP contribution < -0.4 is 11.5 Å². The maximum atomic E-state index is 13.0. The van der Waals surface area contributed by atoms with Crippen LogP contribution in [0.15, 0.2) is 23.3 Å². The molecule has 5 heteroatoms. The van der Waals surface area contributed by atoms with Crippen molar-refractivity contribution >= 4 is 11.7 Å². The second-order valence-electron chi connectivity index (χ2n) is 6.78. The molecule has 0 saturated carbocycles. The van der Waals surface area contributed by atoms with Crippen LogP contribution in [0, 0.1) is 11.8 Å². The minimum atomic E-state index is -0.793. The lowest BCUT2D eigenvalue weighted by atomic mass is 9.83. The van der Waals surface area contributed by atoms with Gasteiger partial charge in [0.1, 0.15) is 5.92 Å². The third-order valence-corrected chi connectivity index (χ3v) is 4.31. The fourth-order valence-electron chi connectivity index (χ4n) is 3.23. The number of ketones is 1. The Morgan fingerprint density at radius 1 is 1.41 bits per heavy atom. The molecule has 1 unspecified atom stereocenters. The number of carbonyl (C=O) groups is 2. The smallest absolute Gasteiger partial charge is 0.238 e. The Labute approximate surface area is 132 Å². The van der Waals surface area contributed by atoms with Crippen molar-refractivity contribution in [1.82, 2.24) is 4.90 Å². The van der Waals surface area contributed by atoms with Crippen LogP contribution in [-0.2, 0) is 9.59 Å². The summed E-state index contributed by atoms with van der Waals surface area (Å²) in [6, 6.07) is -0.659. The summed E-state index contributed by atoms with van der Waals surface area (Å²) in [4.78, 5) is 27.2. The van der Waals surface area contributed by atoms with Gasteiger partial charge in [0.05, 0.1) is 12.2 Å². The summed E-state index contributed by atoms with van der Waals surface area (Å²) in [5, 5.41) is 0. The van der Waals surface area contributed by atoms with E-state index in [1.165, 1.54) is 0 Å². The van der Waals surface area contributed by atoms with Crippen LogP contribution >= 0.6 is 0 Å². The fourth-order valence-corrected chi connectivity index (χ4v) is 3.23. The minimum Gasteiger partial charge on any atom is -0.326 e. The van der Waals surface area contributed by atoms with Gasteiger partial charge in [-0.3, -0.25) is 9.59 Å². The normalized spacial score (nSPS) is 27.0. The standard InChI is InChI=1S/C17H27N3O2/c1-10(2)9-20-14(19)8-12-6-4-5-7-13(12)15(17(20)22)16(21)11(3)18/h5,7,10-11,14-15H,4,6,8-9,18-19H2,1-3H3/t11-,14?,15-/m0/s1. The molecule has 1 aliphatic carbocycles. The summed E-state index contributed by atoms with van der Waals surface area (Å²) in [7, 11) is 0. The highest BCUT2D eigenvalue weighted by Gasteiger charge is 2.40. The van der Waals surface area contributed by atoms with E-state index in [-0.39, 0.29) is 17.9 Å². The molecule has 5 nitrogen and oxygen atoms in total. The van der Waals surface area contributed by atoms with Crippen molar-refractivity contribution in [2.75, 3.05) is 6.54 Å². The topological polar surface area (TPSA) is 89.4 Å². The molecule has 122 valence electrons. The van der Waals surface area contributed by atoms with E-state index in [4.69, 9.17) is 11.5 Å². The second-order valence-corrected chi connectivity index (χ2v) is 6.78. The number of hydrogen-bond acceptors (Lipinski definition) is 4. The Morgan fingerprint density at radius 3 is 2.68 bits per heavy atom. The number of rotatable bonds is 4. The van der Waals surface area contributed by atoms with Gasteiger partial charge in [-0.2, -0.15) is 0 Å². The molecular weight excluding hydrogens is 278 g/mol. The van der Waals surface area contributed by atoms with Crippen LogP contribution in [0.5, 0.6) is 0 Å². The average Bonchev–Trinajstić information content (AvgIpc) is 2.54. The SMILES string of the molecule is CC(C)CN1C(=O)[C@H](C(=O)[C@H](C)N)C2=C(CCC=C2)CC1N. The molecule has 3 atom stereocenters. The number of nitrogens with zero attached hydrogens (tertiary/aromatic N) is 1. The Balaban J connectivity index is 2.45. The third-order valence-electron chi connectivity index (χ3n) is 4.31. The Morgan fingerprint density at radius 2 is 2.09 bits per heavy atom. The van der Waals surface area contributed by atoms with E-state index in [0.29, 0.717) is 18.9 Å². The average molecular weight is 305 g/mol. The largest absolute Gasteiger partial charge is 0.326 e. The number of allylic oxidation sites excluding steroid dienone is 2. The van der Waals surface area contributed by atoms with Crippen molar-refractivity contribution in [3.63, 3.8) is 0 Å². The Bertz CT molecular complexity index is 520. The van der Waals surface area contributed by atoms with Crippen molar-refractivity contribution < 1.29 is 9.59 Å². The van der Waals surface area contributed by atoms with E-state index in [0.717, 1.165) is 24.0 Å². The lowest BCUT2D eigenvalue weighted by molar-refractivity contribution is -0.141. The van der Waals surface area contributed by atoms with E-state index in [1.807, 2.05) is 26.0 Å². The molecular formula is C17H27N3O2. The first-order chi connectivity index (χ1) is 10.3. The molecule has 0 bridgehead atoms. The monoisotopic (exact) mass is 305 g/mol. The molecule has 22 heavy (non-hydrogen) atoms. The van der Waals surface area contributed by atoms with Crippen molar-refractivity contribution in [2.45, 2.75) is 52.2 Å². The van der Waals surface area contributed by atoms with Gasteiger partial charge in [0.2, 0.25) is 5.91 Å². The Kier molecular flexibility index (Phi) is 5.19. The zero-order chi connectivity index (χ0) is 16.4. The molecule has 2 aliphatic rings. The van der Waals surface area contributed by atoms with Crippen LogP contribution in [0.1, 0.15) is 40.0 Å². The molecule has 1 amide bonds. The van der Waals surface area contributed by atoms with Crippen LogP contribution in [0.25, 0.3) is 0 Å². The van der Waals surface area contributed by atoms with Crippen molar-refractivity contribution in [2.24, 2.45) is 23.3 Å². The molecule has 0 saturated heterocycles. The number of carbonyl (C=O) groups excluding carboxylic acids is 2. The predicted molar refractivity (Wildman–Crippen MR) is 86.7 cm³/mol. The van der Waals surface area contributed by atoms with Gasteiger partial charge in [-0.15, -0.1) is 0 Å². The third kappa shape index (κ3) is 3.31. The van der Waals surface area contributed by atoms with E-state index in [2.05, 4.69) is 0 Å². The maximum Gasteiger partial charge on any atom is 0.238 e. The summed E-state index contributed by atoms with van der Waals surface area (Å²) >= 11 is 0. The van der Waals surface area contributed by atoms with Crippen molar-refractivity contribution in [3.8, 4) is 0 Å². The number of nitrogens with two attached hydrogens (primary N) is 2. The molecule has 0 aromatic carbocycles. The predicted octanol–water partition coefficient (Wildman–Crippen LogP) is 1.34. The molecule has 1 aliphatic heterocycles. The fraction of sp³-hybridized carbons (Fsp3) is 0.647. The Hall–Kier alpha value is -1.46. The molecule has 0 aromatic heterocycles. The molecule has 0 aromatic rings. The van der Waals surface area contributed by atoms with Gasteiger partial charge < -0.3 is 16.4 Å². The lowest BCUT2D eigenvalue weighted by Crippen LogP contribution is -2.51. The number of hydrogen-bond donors (Lipinski definition) is 2. The first-order valence-corrected chi connectivity index (χ1v) is 8.06. The summed E-state index contributed by atoms with van der Waals surface area (Å²) in [5.74, 6) is -0.905.